The van der Waals surface area contributed by atoms with Crippen molar-refractivity contribution in [2.75, 3.05) is 13.7 Å². The number of aromatic carboxylic acids is 1. The average Bonchev–Trinajstić information content (AvgIpc) is 3.27. The van der Waals surface area contributed by atoms with E-state index in [1.165, 1.54) is 16.5 Å². The number of carboxylic acid groups (broad SMARTS) is 1. The first-order valence-corrected chi connectivity index (χ1v) is 11.7. The normalized spacial score (nSPS) is 21.3. The number of hydrogen-bond donors (Lipinski definition) is 2. The van der Waals surface area contributed by atoms with Crippen molar-refractivity contribution in [1.29, 1.82) is 0 Å². The molecule has 0 aliphatic heterocycles. The molecule has 0 spiro atoms. The summed E-state index contributed by atoms with van der Waals surface area (Å²) in [6.45, 7) is 4.84. The summed E-state index contributed by atoms with van der Waals surface area (Å²) in [7, 11) is 1.73. The number of aryl methyl sites for hydroxylation is 1. The van der Waals surface area contributed by atoms with Crippen molar-refractivity contribution in [3.05, 3.63) is 59.3 Å². The van der Waals surface area contributed by atoms with Gasteiger partial charge in [0.2, 0.25) is 0 Å². The van der Waals surface area contributed by atoms with E-state index < -0.39 is 5.97 Å². The fourth-order valence-electron chi connectivity index (χ4n) is 4.63. The van der Waals surface area contributed by atoms with E-state index in [9.17, 15) is 9.90 Å². The van der Waals surface area contributed by atoms with Crippen LogP contribution < -0.4 is 4.74 Å². The molecule has 1 heterocycles. The Morgan fingerprint density at radius 3 is 2.68 bits per heavy atom. The average molecular weight is 440 g/mol. The van der Waals surface area contributed by atoms with Crippen molar-refractivity contribution in [2.24, 2.45) is 0 Å². The molecule has 31 heavy (non-hydrogen) atoms. The number of benzene rings is 2. The topological polar surface area (TPSA) is 71.5 Å². The Morgan fingerprint density at radius 1 is 1.23 bits per heavy atom. The smallest absolute Gasteiger partial charge is 0.335 e. The molecule has 1 aliphatic carbocycles. The molecule has 2 aromatic carbocycles. The number of carbonyl (C=O) groups is 1. The van der Waals surface area contributed by atoms with Gasteiger partial charge >= 0.3 is 5.97 Å². The van der Waals surface area contributed by atoms with E-state index in [2.05, 4.69) is 24.0 Å². The van der Waals surface area contributed by atoms with Gasteiger partial charge < -0.3 is 19.6 Å². The maximum absolute atomic E-state index is 11.3. The Kier molecular flexibility index (Phi) is 6.58. The van der Waals surface area contributed by atoms with Crippen LogP contribution in [-0.2, 0) is 4.74 Å². The number of aromatic amines is 1. The number of hydrogen-bond acceptors (Lipinski definition) is 4. The van der Waals surface area contributed by atoms with Crippen LogP contribution in [0.4, 0.5) is 0 Å². The third-order valence-corrected chi connectivity index (χ3v) is 7.70. The van der Waals surface area contributed by atoms with E-state index in [4.69, 9.17) is 9.47 Å². The quantitative estimate of drug-likeness (QED) is 0.471. The Balaban J connectivity index is 1.69. The first-order valence-electron chi connectivity index (χ1n) is 10.8. The monoisotopic (exact) mass is 439 g/mol. The summed E-state index contributed by atoms with van der Waals surface area (Å²) in [4.78, 5) is 15.8. The third kappa shape index (κ3) is 4.46. The zero-order chi connectivity index (χ0) is 22.0. The second-order valence-electron chi connectivity index (χ2n) is 8.07. The SMILES string of the molecule is CCO[C@@H]1CC[C@@H](Sc2c(OC)cc(C)c3[nH]ccc23)[C@H](c2ccc(C(=O)O)cc2)C1. The number of carboxylic acids is 1. The molecular weight excluding hydrogens is 410 g/mol. The van der Waals surface area contributed by atoms with Gasteiger partial charge in [-0.25, -0.2) is 4.79 Å². The number of thioether (sulfide) groups is 1. The number of methoxy groups -OCH3 is 1. The largest absolute Gasteiger partial charge is 0.496 e. The molecule has 0 saturated heterocycles. The summed E-state index contributed by atoms with van der Waals surface area (Å²) in [6, 6.07) is 11.6. The van der Waals surface area contributed by atoms with Crippen LogP contribution in [0, 0.1) is 6.92 Å². The summed E-state index contributed by atoms with van der Waals surface area (Å²) in [5, 5.41) is 10.8. The van der Waals surface area contributed by atoms with Crippen molar-refractivity contribution in [1.82, 2.24) is 4.98 Å². The molecular formula is C25H29NO4S. The lowest BCUT2D eigenvalue weighted by Crippen LogP contribution is -2.30. The molecule has 2 N–H and O–H groups in total. The van der Waals surface area contributed by atoms with Crippen LogP contribution in [0.3, 0.4) is 0 Å². The summed E-state index contributed by atoms with van der Waals surface area (Å²) >= 11 is 1.88. The van der Waals surface area contributed by atoms with Crippen molar-refractivity contribution >= 4 is 28.6 Å². The predicted octanol–water partition coefficient (Wildman–Crippen LogP) is 6.02. The maximum Gasteiger partial charge on any atom is 0.335 e. The molecule has 3 atom stereocenters. The van der Waals surface area contributed by atoms with Crippen molar-refractivity contribution in [2.45, 2.75) is 55.3 Å². The minimum atomic E-state index is -0.896. The first kappa shape index (κ1) is 21.8. The molecule has 0 unspecified atom stereocenters. The van der Waals surface area contributed by atoms with E-state index in [1.54, 1.807) is 19.2 Å². The molecule has 3 aromatic rings. The molecule has 1 aliphatic rings. The van der Waals surface area contributed by atoms with Crippen molar-refractivity contribution in [3.8, 4) is 5.75 Å². The minimum Gasteiger partial charge on any atom is -0.496 e. The van der Waals surface area contributed by atoms with Crippen molar-refractivity contribution in [3.63, 3.8) is 0 Å². The van der Waals surface area contributed by atoms with Gasteiger partial charge in [-0.1, -0.05) is 12.1 Å². The Hall–Kier alpha value is -2.44. The van der Waals surface area contributed by atoms with Gasteiger partial charge in [0.05, 0.1) is 23.7 Å². The van der Waals surface area contributed by atoms with E-state index in [0.717, 1.165) is 35.4 Å². The van der Waals surface area contributed by atoms with E-state index >= 15 is 0 Å². The zero-order valence-electron chi connectivity index (χ0n) is 18.2. The third-order valence-electron chi connectivity index (χ3n) is 6.17. The van der Waals surface area contributed by atoms with Gasteiger partial charge in [-0.05, 0) is 74.4 Å². The number of ether oxygens (including phenoxy) is 2. The van der Waals surface area contributed by atoms with Gasteiger partial charge in [-0.3, -0.25) is 0 Å². The van der Waals surface area contributed by atoms with Crippen LogP contribution in [0.25, 0.3) is 10.9 Å². The maximum atomic E-state index is 11.3. The highest BCUT2D eigenvalue weighted by Crippen LogP contribution is 2.48. The number of rotatable bonds is 7. The van der Waals surface area contributed by atoms with E-state index in [0.29, 0.717) is 17.4 Å². The van der Waals surface area contributed by atoms with Crippen molar-refractivity contribution < 1.29 is 19.4 Å². The summed E-state index contributed by atoms with van der Waals surface area (Å²) < 4.78 is 11.7. The number of aromatic nitrogens is 1. The highest BCUT2D eigenvalue weighted by molar-refractivity contribution is 8.00. The van der Waals surface area contributed by atoms with Gasteiger partial charge in [-0.15, -0.1) is 11.8 Å². The highest BCUT2D eigenvalue weighted by atomic mass is 32.2. The summed E-state index contributed by atoms with van der Waals surface area (Å²) in [5.74, 6) is 0.284. The molecule has 0 amide bonds. The van der Waals surface area contributed by atoms with Gasteiger partial charge in [0.15, 0.2) is 0 Å². The minimum absolute atomic E-state index is 0.234. The van der Waals surface area contributed by atoms with Crippen LogP contribution in [-0.4, -0.2) is 41.1 Å². The lowest BCUT2D eigenvalue weighted by atomic mass is 9.81. The number of fused-ring (bicyclic) bond motifs is 1. The fourth-order valence-corrected chi connectivity index (χ4v) is 6.18. The van der Waals surface area contributed by atoms with Crippen LogP contribution in [0.5, 0.6) is 5.75 Å². The lowest BCUT2D eigenvalue weighted by molar-refractivity contribution is 0.0321. The predicted molar refractivity (Wildman–Crippen MR) is 125 cm³/mol. The molecule has 6 heteroatoms. The molecule has 1 aromatic heterocycles. The van der Waals surface area contributed by atoms with Gasteiger partial charge in [0, 0.05) is 29.0 Å². The van der Waals surface area contributed by atoms with Crippen LogP contribution >= 0.6 is 11.8 Å². The van der Waals surface area contributed by atoms with E-state index in [1.807, 2.05) is 37.0 Å². The molecule has 0 radical (unpaired) electrons. The first-order chi connectivity index (χ1) is 15.0. The lowest BCUT2D eigenvalue weighted by Gasteiger charge is -2.36. The molecule has 5 nitrogen and oxygen atoms in total. The highest BCUT2D eigenvalue weighted by Gasteiger charge is 2.34. The van der Waals surface area contributed by atoms with Crippen LogP contribution in [0.15, 0.2) is 47.5 Å². The molecule has 1 saturated carbocycles. The molecule has 164 valence electrons. The molecule has 0 bridgehead atoms. The zero-order valence-corrected chi connectivity index (χ0v) is 19.0. The Labute approximate surface area is 187 Å². The van der Waals surface area contributed by atoms with Crippen LogP contribution in [0.1, 0.15) is 53.6 Å². The number of H-pyrrole nitrogens is 1. The van der Waals surface area contributed by atoms with E-state index in [-0.39, 0.29) is 12.0 Å². The Bertz CT molecular complexity index is 1060. The van der Waals surface area contributed by atoms with Crippen LogP contribution in [0.2, 0.25) is 0 Å². The molecule has 1 fully saturated rings. The molecule has 4 rings (SSSR count). The summed E-state index contributed by atoms with van der Waals surface area (Å²) in [6.07, 6.45) is 5.21. The fraction of sp³-hybridized carbons (Fsp3) is 0.400. The Morgan fingerprint density at radius 2 is 2.00 bits per heavy atom. The number of nitrogens with one attached hydrogen (secondary N) is 1. The second-order valence-corrected chi connectivity index (χ2v) is 9.32. The standard InChI is InChI=1S/C25H29NO4S/c1-4-30-18-9-10-22(20(14-18)16-5-7-17(8-6-16)25(27)28)31-24-19-11-12-26-23(19)15(2)13-21(24)29-3/h5-8,11-13,18,20,22,26H,4,9-10,14H2,1-3H3,(H,27,28)/t18-,20+,22-/m1/s1. The summed E-state index contributed by atoms with van der Waals surface area (Å²) in [5.41, 5.74) is 3.80. The second kappa shape index (κ2) is 9.37. The van der Waals surface area contributed by atoms with Gasteiger partial charge in [0.25, 0.3) is 0 Å². The van der Waals surface area contributed by atoms with Gasteiger partial charge in [0.1, 0.15) is 5.75 Å². The van der Waals surface area contributed by atoms with Gasteiger partial charge in [-0.2, -0.15) is 0 Å².